The zero-order valence-electron chi connectivity index (χ0n) is 14.9. The first-order valence-corrected chi connectivity index (χ1v) is 8.92. The summed E-state index contributed by atoms with van der Waals surface area (Å²) in [5.74, 6) is 1.28. The maximum absolute atomic E-state index is 12.9. The summed E-state index contributed by atoms with van der Waals surface area (Å²) in [5.41, 5.74) is 1.59. The molecule has 3 heterocycles. The topological polar surface area (TPSA) is 56.8 Å². The monoisotopic (exact) mass is 375 g/mol. The molecule has 1 saturated heterocycles. The molecule has 3 aromatic rings. The van der Waals surface area contributed by atoms with Crippen molar-refractivity contribution in [1.82, 2.24) is 15.0 Å². The number of alkyl halides is 3. The molecule has 0 spiro atoms. The van der Waals surface area contributed by atoms with Gasteiger partial charge >= 0.3 is 6.18 Å². The van der Waals surface area contributed by atoms with Crippen LogP contribution in [0, 0.1) is 6.92 Å². The summed E-state index contributed by atoms with van der Waals surface area (Å²) in [6.45, 7) is 4.02. The normalized spacial score (nSPS) is 14.9. The van der Waals surface area contributed by atoms with Gasteiger partial charge in [0, 0.05) is 25.3 Å². The van der Waals surface area contributed by atoms with Gasteiger partial charge in [0.25, 0.3) is 0 Å². The van der Waals surface area contributed by atoms with Gasteiger partial charge in [-0.25, -0.2) is 0 Å². The number of aromatic amines is 1. The van der Waals surface area contributed by atoms with Crippen LogP contribution in [0.3, 0.4) is 0 Å². The first-order valence-electron chi connectivity index (χ1n) is 8.92. The lowest BCUT2D eigenvalue weighted by molar-refractivity contribution is -0.137. The fraction of sp³-hybridized carbons (Fsp3) is 0.368. The zero-order valence-corrected chi connectivity index (χ0v) is 14.9. The SMILES string of the molecule is Cc1cc2c(NCc3cccc(C(F)(F)F)c3)nc(N3CCCC3)nc2[nH]1. The van der Waals surface area contributed by atoms with Gasteiger partial charge in [0.2, 0.25) is 5.95 Å². The lowest BCUT2D eigenvalue weighted by Gasteiger charge is -2.17. The lowest BCUT2D eigenvalue weighted by Crippen LogP contribution is -2.21. The first kappa shape index (κ1) is 17.6. The highest BCUT2D eigenvalue weighted by Crippen LogP contribution is 2.30. The summed E-state index contributed by atoms with van der Waals surface area (Å²) >= 11 is 0. The van der Waals surface area contributed by atoms with Crippen molar-refractivity contribution in [2.75, 3.05) is 23.3 Å². The molecule has 142 valence electrons. The van der Waals surface area contributed by atoms with Gasteiger partial charge in [-0.1, -0.05) is 12.1 Å². The molecule has 1 aliphatic heterocycles. The number of hydrogen-bond acceptors (Lipinski definition) is 4. The number of anilines is 2. The van der Waals surface area contributed by atoms with Gasteiger partial charge in [0.05, 0.1) is 10.9 Å². The van der Waals surface area contributed by atoms with E-state index in [0.29, 0.717) is 17.3 Å². The molecule has 1 aliphatic rings. The molecule has 27 heavy (non-hydrogen) atoms. The van der Waals surface area contributed by atoms with Gasteiger partial charge in [0.1, 0.15) is 11.5 Å². The van der Waals surface area contributed by atoms with Crippen LogP contribution in [0.2, 0.25) is 0 Å². The second kappa shape index (κ2) is 6.75. The van der Waals surface area contributed by atoms with Crippen molar-refractivity contribution in [2.24, 2.45) is 0 Å². The van der Waals surface area contributed by atoms with E-state index in [1.54, 1.807) is 6.07 Å². The van der Waals surface area contributed by atoms with Gasteiger partial charge in [-0.15, -0.1) is 0 Å². The van der Waals surface area contributed by atoms with Gasteiger partial charge in [-0.3, -0.25) is 0 Å². The van der Waals surface area contributed by atoms with E-state index in [1.165, 1.54) is 6.07 Å². The van der Waals surface area contributed by atoms with E-state index in [9.17, 15) is 13.2 Å². The minimum Gasteiger partial charge on any atom is -0.365 e. The minimum atomic E-state index is -4.35. The van der Waals surface area contributed by atoms with Crippen molar-refractivity contribution in [2.45, 2.75) is 32.5 Å². The average Bonchev–Trinajstić information content (AvgIpc) is 3.27. The Hall–Kier alpha value is -2.77. The van der Waals surface area contributed by atoms with Crippen LogP contribution in [0.4, 0.5) is 24.9 Å². The smallest absolute Gasteiger partial charge is 0.365 e. The van der Waals surface area contributed by atoms with Crippen LogP contribution in [0.1, 0.15) is 29.7 Å². The number of halogens is 3. The van der Waals surface area contributed by atoms with Crippen LogP contribution in [-0.4, -0.2) is 28.0 Å². The predicted molar refractivity (Wildman–Crippen MR) is 98.8 cm³/mol. The molecule has 2 N–H and O–H groups in total. The molecule has 0 atom stereocenters. The van der Waals surface area contributed by atoms with Crippen LogP contribution < -0.4 is 10.2 Å². The number of rotatable bonds is 4. The molecule has 0 saturated carbocycles. The van der Waals surface area contributed by atoms with Crippen LogP contribution in [0.15, 0.2) is 30.3 Å². The summed E-state index contributed by atoms with van der Waals surface area (Å²) in [6.07, 6.45) is -2.13. The van der Waals surface area contributed by atoms with Crippen LogP contribution >= 0.6 is 0 Å². The second-order valence-corrected chi connectivity index (χ2v) is 6.83. The van der Waals surface area contributed by atoms with E-state index < -0.39 is 11.7 Å². The Balaban J connectivity index is 1.63. The summed E-state index contributed by atoms with van der Waals surface area (Å²) < 4.78 is 38.8. The van der Waals surface area contributed by atoms with Gasteiger partial charge in [-0.05, 0) is 43.5 Å². The molecule has 0 amide bonds. The number of H-pyrrole nitrogens is 1. The fourth-order valence-electron chi connectivity index (χ4n) is 3.37. The highest BCUT2D eigenvalue weighted by molar-refractivity contribution is 5.89. The Morgan fingerprint density at radius 1 is 1.15 bits per heavy atom. The number of aryl methyl sites for hydroxylation is 1. The quantitative estimate of drug-likeness (QED) is 0.705. The van der Waals surface area contributed by atoms with Crippen molar-refractivity contribution in [1.29, 1.82) is 0 Å². The Kier molecular flexibility index (Phi) is 4.41. The number of aromatic nitrogens is 3. The number of nitrogens with one attached hydrogen (secondary N) is 2. The molecular weight excluding hydrogens is 355 g/mol. The molecule has 1 aromatic carbocycles. The molecule has 2 aromatic heterocycles. The Labute approximate surface area is 154 Å². The molecule has 8 heteroatoms. The molecule has 1 fully saturated rings. The van der Waals surface area contributed by atoms with Gasteiger partial charge in [-0.2, -0.15) is 23.1 Å². The van der Waals surface area contributed by atoms with Crippen molar-refractivity contribution in [3.63, 3.8) is 0 Å². The van der Waals surface area contributed by atoms with Gasteiger partial charge < -0.3 is 15.2 Å². The number of fused-ring (bicyclic) bond motifs is 1. The molecule has 4 rings (SSSR count). The van der Waals surface area contributed by atoms with E-state index in [4.69, 9.17) is 0 Å². The summed E-state index contributed by atoms with van der Waals surface area (Å²) in [4.78, 5) is 14.6. The molecule has 0 unspecified atom stereocenters. The third-order valence-electron chi connectivity index (χ3n) is 4.71. The number of hydrogen-bond donors (Lipinski definition) is 2. The van der Waals surface area contributed by atoms with E-state index in [1.807, 2.05) is 13.0 Å². The van der Waals surface area contributed by atoms with Crippen molar-refractivity contribution in [3.05, 3.63) is 47.2 Å². The van der Waals surface area contributed by atoms with Crippen molar-refractivity contribution >= 4 is 22.8 Å². The standard InChI is InChI=1S/C19H20F3N5/c1-12-9-15-16(23-11-13-5-4-6-14(10-13)19(20,21)22)25-18(26-17(15)24-12)27-7-2-3-8-27/h4-6,9-10H,2-3,7-8,11H2,1H3,(H2,23,24,25,26). The van der Waals surface area contributed by atoms with Crippen molar-refractivity contribution < 1.29 is 13.2 Å². The fourth-order valence-corrected chi connectivity index (χ4v) is 3.37. The van der Waals surface area contributed by atoms with E-state index in [-0.39, 0.29) is 6.54 Å². The number of benzene rings is 1. The molecule has 0 radical (unpaired) electrons. The highest BCUT2D eigenvalue weighted by atomic mass is 19.4. The third-order valence-corrected chi connectivity index (χ3v) is 4.71. The molecule has 5 nitrogen and oxygen atoms in total. The lowest BCUT2D eigenvalue weighted by atomic mass is 10.1. The molecule has 0 aliphatic carbocycles. The summed E-state index contributed by atoms with van der Waals surface area (Å²) in [5, 5.41) is 4.03. The largest absolute Gasteiger partial charge is 0.416 e. The third kappa shape index (κ3) is 3.70. The average molecular weight is 375 g/mol. The van der Waals surface area contributed by atoms with Crippen LogP contribution in [0.5, 0.6) is 0 Å². The van der Waals surface area contributed by atoms with E-state index in [0.717, 1.165) is 54.8 Å². The van der Waals surface area contributed by atoms with E-state index >= 15 is 0 Å². The Morgan fingerprint density at radius 3 is 2.67 bits per heavy atom. The van der Waals surface area contributed by atoms with Crippen molar-refractivity contribution in [3.8, 4) is 0 Å². The second-order valence-electron chi connectivity index (χ2n) is 6.83. The Bertz CT molecular complexity index is 958. The van der Waals surface area contributed by atoms with Crippen LogP contribution in [-0.2, 0) is 12.7 Å². The van der Waals surface area contributed by atoms with Crippen LogP contribution in [0.25, 0.3) is 11.0 Å². The Morgan fingerprint density at radius 2 is 1.93 bits per heavy atom. The zero-order chi connectivity index (χ0) is 19.0. The van der Waals surface area contributed by atoms with E-state index in [2.05, 4.69) is 25.2 Å². The summed E-state index contributed by atoms with van der Waals surface area (Å²) in [7, 11) is 0. The maximum atomic E-state index is 12.9. The predicted octanol–water partition coefficient (Wildman–Crippen LogP) is 4.50. The maximum Gasteiger partial charge on any atom is 0.416 e. The number of nitrogens with zero attached hydrogens (tertiary/aromatic N) is 3. The minimum absolute atomic E-state index is 0.250. The molecule has 0 bridgehead atoms. The first-order chi connectivity index (χ1) is 12.9. The summed E-state index contributed by atoms with van der Waals surface area (Å²) in [6, 6.07) is 7.27. The van der Waals surface area contributed by atoms with Gasteiger partial charge in [0.15, 0.2) is 0 Å². The molecular formula is C19H20F3N5. The highest BCUT2D eigenvalue weighted by Gasteiger charge is 2.30.